The maximum Gasteiger partial charge on any atom is 0.264 e. The van der Waals surface area contributed by atoms with E-state index in [1.807, 2.05) is 20.8 Å². The first kappa shape index (κ1) is 30.6. The Morgan fingerprint density at radius 3 is 2.08 bits per heavy atom. The van der Waals surface area contributed by atoms with Gasteiger partial charge in [0, 0.05) is 12.6 Å². The van der Waals surface area contributed by atoms with Gasteiger partial charge in [0.1, 0.15) is 24.2 Å². The molecule has 0 bridgehead atoms. The van der Waals surface area contributed by atoms with Gasteiger partial charge >= 0.3 is 0 Å². The van der Waals surface area contributed by atoms with Crippen molar-refractivity contribution in [1.82, 2.24) is 10.2 Å². The molecule has 0 saturated heterocycles. The monoisotopic (exact) mass is 569 g/mol. The minimum Gasteiger partial charge on any atom is -0.497 e. The molecule has 1 atom stereocenters. The molecule has 0 aliphatic carbocycles. The molecule has 1 unspecified atom stereocenters. The van der Waals surface area contributed by atoms with Gasteiger partial charge in [-0.3, -0.25) is 13.9 Å². The third-order valence-electron chi connectivity index (χ3n) is 6.33. The summed E-state index contributed by atoms with van der Waals surface area (Å²) in [5.74, 6) is -0.831. The molecule has 0 aromatic heterocycles. The Bertz CT molecular complexity index is 1390. The number of sulfonamides is 1. The van der Waals surface area contributed by atoms with Crippen molar-refractivity contribution in [2.75, 3.05) is 18.0 Å². The second-order valence-electron chi connectivity index (χ2n) is 9.76. The summed E-state index contributed by atoms with van der Waals surface area (Å²) >= 11 is 0. The number of rotatable bonds is 12. The minimum atomic E-state index is -4.26. The van der Waals surface area contributed by atoms with E-state index in [4.69, 9.17) is 4.74 Å². The maximum absolute atomic E-state index is 14.0. The van der Waals surface area contributed by atoms with E-state index >= 15 is 0 Å². The van der Waals surface area contributed by atoms with Crippen molar-refractivity contribution < 1.29 is 27.1 Å². The zero-order chi connectivity index (χ0) is 29.4. The molecule has 214 valence electrons. The summed E-state index contributed by atoms with van der Waals surface area (Å²) in [5.41, 5.74) is 1.92. The van der Waals surface area contributed by atoms with E-state index in [1.165, 1.54) is 4.90 Å². The molecule has 3 aromatic rings. The Morgan fingerprint density at radius 1 is 0.950 bits per heavy atom. The van der Waals surface area contributed by atoms with Gasteiger partial charge in [0.2, 0.25) is 11.8 Å². The fourth-order valence-electron chi connectivity index (χ4n) is 4.20. The quantitative estimate of drug-likeness (QED) is 0.342. The highest BCUT2D eigenvalue weighted by atomic mass is 32.2. The Kier molecular flexibility index (Phi) is 10.3. The van der Waals surface area contributed by atoms with Crippen molar-refractivity contribution >= 4 is 27.5 Å². The lowest BCUT2D eigenvalue weighted by Gasteiger charge is -2.33. The number of nitrogens with one attached hydrogen (secondary N) is 1. The van der Waals surface area contributed by atoms with Crippen LogP contribution in [0.1, 0.15) is 38.3 Å². The van der Waals surface area contributed by atoms with Gasteiger partial charge in [0.25, 0.3) is 10.0 Å². The van der Waals surface area contributed by atoms with E-state index in [0.29, 0.717) is 12.2 Å². The smallest absolute Gasteiger partial charge is 0.264 e. The first-order chi connectivity index (χ1) is 19.0. The van der Waals surface area contributed by atoms with E-state index in [0.717, 1.165) is 39.7 Å². The number of methoxy groups -OCH3 is 1. The van der Waals surface area contributed by atoms with Crippen LogP contribution in [0, 0.1) is 12.7 Å². The second kappa shape index (κ2) is 13.4. The van der Waals surface area contributed by atoms with Gasteiger partial charge in [-0.15, -0.1) is 0 Å². The van der Waals surface area contributed by atoms with E-state index < -0.39 is 34.3 Å². The number of nitrogens with zero attached hydrogens (tertiary/aromatic N) is 2. The largest absolute Gasteiger partial charge is 0.497 e. The Labute approximate surface area is 235 Å². The molecule has 1 N–H and O–H groups in total. The number of hydrogen-bond donors (Lipinski definition) is 1. The summed E-state index contributed by atoms with van der Waals surface area (Å²) in [7, 11) is -2.71. The number of ether oxygens (including phenoxy) is 1. The van der Waals surface area contributed by atoms with Crippen LogP contribution in [0.15, 0.2) is 77.7 Å². The number of carbonyl (C=O) groups excluding carboxylic acids is 2. The number of amides is 2. The van der Waals surface area contributed by atoms with Crippen LogP contribution in [0.2, 0.25) is 0 Å². The van der Waals surface area contributed by atoms with Gasteiger partial charge in [-0.25, -0.2) is 12.8 Å². The van der Waals surface area contributed by atoms with Crippen LogP contribution in [0.25, 0.3) is 0 Å². The molecule has 40 heavy (non-hydrogen) atoms. The van der Waals surface area contributed by atoms with Crippen LogP contribution in [0.5, 0.6) is 5.75 Å². The van der Waals surface area contributed by atoms with Crippen molar-refractivity contribution in [2.45, 2.75) is 57.6 Å². The molecule has 0 heterocycles. The molecule has 0 fully saturated rings. The highest BCUT2D eigenvalue weighted by Gasteiger charge is 2.33. The zero-order valence-corrected chi connectivity index (χ0v) is 24.2. The third kappa shape index (κ3) is 7.59. The lowest BCUT2D eigenvalue weighted by atomic mass is 10.1. The van der Waals surface area contributed by atoms with Crippen LogP contribution < -0.4 is 14.4 Å². The number of hydrogen-bond acceptors (Lipinski definition) is 5. The van der Waals surface area contributed by atoms with Gasteiger partial charge < -0.3 is 15.0 Å². The first-order valence-corrected chi connectivity index (χ1v) is 14.5. The molecule has 0 saturated carbocycles. The van der Waals surface area contributed by atoms with Gasteiger partial charge in [0.05, 0.1) is 17.7 Å². The second-order valence-corrected chi connectivity index (χ2v) is 11.6. The summed E-state index contributed by atoms with van der Waals surface area (Å²) in [6, 6.07) is 17.2. The molecular formula is C30H36FN3O5S. The number of benzene rings is 3. The number of aryl methyl sites for hydroxylation is 1. The normalized spacial score (nSPS) is 12.1. The van der Waals surface area contributed by atoms with E-state index in [2.05, 4.69) is 5.32 Å². The Hall–Kier alpha value is -3.92. The van der Waals surface area contributed by atoms with Gasteiger partial charge in [-0.05, 0) is 81.3 Å². The molecule has 3 rings (SSSR count). The Morgan fingerprint density at radius 2 is 1.55 bits per heavy atom. The van der Waals surface area contributed by atoms with Crippen LogP contribution in [0.4, 0.5) is 10.1 Å². The predicted molar refractivity (Wildman–Crippen MR) is 153 cm³/mol. The number of carbonyl (C=O) groups is 2. The van der Waals surface area contributed by atoms with Gasteiger partial charge in [0.15, 0.2) is 0 Å². The predicted octanol–water partition coefficient (Wildman–Crippen LogP) is 4.67. The minimum absolute atomic E-state index is 0.0746. The molecule has 0 aliphatic rings. The van der Waals surface area contributed by atoms with Crippen molar-refractivity contribution in [3.63, 3.8) is 0 Å². The van der Waals surface area contributed by atoms with Crippen LogP contribution in [-0.4, -0.2) is 50.9 Å². The van der Waals surface area contributed by atoms with E-state index in [1.54, 1.807) is 62.6 Å². The molecule has 0 aliphatic heterocycles. The van der Waals surface area contributed by atoms with Crippen molar-refractivity contribution in [1.29, 1.82) is 0 Å². The third-order valence-corrected chi connectivity index (χ3v) is 8.12. The van der Waals surface area contributed by atoms with Crippen molar-refractivity contribution in [2.24, 2.45) is 0 Å². The SMILES string of the molecule is CCC(C(=O)NC(C)C)N(Cc1ccc(OC)cc1)C(=O)CN(c1ccc(C)cc1)S(=O)(=O)c1ccc(F)cc1. The molecule has 0 spiro atoms. The van der Waals surface area contributed by atoms with E-state index in [9.17, 15) is 22.4 Å². The summed E-state index contributed by atoms with van der Waals surface area (Å²) in [6.45, 7) is 6.83. The number of halogens is 1. The molecule has 0 radical (unpaired) electrons. The highest BCUT2D eigenvalue weighted by Crippen LogP contribution is 2.26. The lowest BCUT2D eigenvalue weighted by molar-refractivity contribution is -0.140. The molecule has 10 heteroatoms. The summed E-state index contributed by atoms with van der Waals surface area (Å²) in [6.07, 6.45) is 0.315. The Balaban J connectivity index is 2.05. The highest BCUT2D eigenvalue weighted by molar-refractivity contribution is 7.92. The summed E-state index contributed by atoms with van der Waals surface area (Å²) < 4.78 is 47.4. The fourth-order valence-corrected chi connectivity index (χ4v) is 5.62. The maximum atomic E-state index is 14.0. The van der Waals surface area contributed by atoms with Crippen LogP contribution >= 0.6 is 0 Å². The summed E-state index contributed by atoms with van der Waals surface area (Å²) in [5, 5.41) is 2.87. The van der Waals surface area contributed by atoms with Crippen molar-refractivity contribution in [3.8, 4) is 5.75 Å². The van der Waals surface area contributed by atoms with Crippen LogP contribution in [0.3, 0.4) is 0 Å². The standard InChI is InChI=1S/C30H36FN3O5S/c1-6-28(30(36)32-21(2)3)33(19-23-9-15-26(39-5)16-10-23)29(35)20-34(25-13-7-22(4)8-14-25)40(37,38)27-17-11-24(31)12-18-27/h7-18,21,28H,6,19-20H2,1-5H3,(H,32,36). The molecule has 2 amide bonds. The van der Waals surface area contributed by atoms with E-state index in [-0.39, 0.29) is 29.1 Å². The summed E-state index contributed by atoms with van der Waals surface area (Å²) in [4.78, 5) is 28.4. The molecule has 3 aromatic carbocycles. The topological polar surface area (TPSA) is 96.0 Å². The zero-order valence-electron chi connectivity index (χ0n) is 23.4. The fraction of sp³-hybridized carbons (Fsp3) is 0.333. The molecule has 8 nitrogen and oxygen atoms in total. The molecular weight excluding hydrogens is 533 g/mol. The lowest BCUT2D eigenvalue weighted by Crippen LogP contribution is -2.53. The average Bonchev–Trinajstić information content (AvgIpc) is 2.92. The first-order valence-electron chi connectivity index (χ1n) is 13.0. The number of anilines is 1. The van der Waals surface area contributed by atoms with Crippen LogP contribution in [-0.2, 0) is 26.2 Å². The van der Waals surface area contributed by atoms with Gasteiger partial charge in [-0.1, -0.05) is 36.8 Å². The van der Waals surface area contributed by atoms with Crippen molar-refractivity contribution in [3.05, 3.63) is 89.7 Å². The average molecular weight is 570 g/mol. The van der Waals surface area contributed by atoms with Gasteiger partial charge in [-0.2, -0.15) is 0 Å².